The summed E-state index contributed by atoms with van der Waals surface area (Å²) >= 11 is 0. The van der Waals surface area contributed by atoms with E-state index in [9.17, 15) is 9.18 Å². The molecule has 0 saturated carbocycles. The monoisotopic (exact) mass is 210 g/mol. The standard InChI is InChI=1S/C11H15FN2O/c1-2-3-4-11(15)14-8-5-6-10(13)9(12)7-8/h5-7H,2-4,13H2,1H3,(H,14,15). The second-order valence-electron chi connectivity index (χ2n) is 3.39. The lowest BCUT2D eigenvalue weighted by molar-refractivity contribution is -0.116. The molecule has 0 bridgehead atoms. The molecule has 1 aromatic rings. The van der Waals surface area contributed by atoms with Gasteiger partial charge >= 0.3 is 0 Å². The minimum atomic E-state index is -0.511. The number of nitrogens with one attached hydrogen (secondary N) is 1. The number of nitrogen functional groups attached to an aromatic ring is 1. The van der Waals surface area contributed by atoms with Crippen LogP contribution in [-0.2, 0) is 4.79 Å². The Morgan fingerprint density at radius 1 is 1.53 bits per heavy atom. The minimum Gasteiger partial charge on any atom is -0.396 e. The summed E-state index contributed by atoms with van der Waals surface area (Å²) in [5, 5.41) is 2.61. The molecule has 1 aromatic carbocycles. The Bertz CT molecular complexity index is 352. The molecule has 0 spiro atoms. The van der Waals surface area contributed by atoms with Crippen molar-refractivity contribution >= 4 is 17.3 Å². The zero-order valence-electron chi connectivity index (χ0n) is 8.72. The van der Waals surface area contributed by atoms with Crippen molar-refractivity contribution in [2.75, 3.05) is 11.1 Å². The van der Waals surface area contributed by atoms with Crippen LogP contribution in [0.1, 0.15) is 26.2 Å². The van der Waals surface area contributed by atoms with Crippen LogP contribution in [0.2, 0.25) is 0 Å². The molecule has 0 atom stereocenters. The fourth-order valence-electron chi connectivity index (χ4n) is 1.17. The number of hydrogen-bond acceptors (Lipinski definition) is 2. The highest BCUT2D eigenvalue weighted by atomic mass is 19.1. The zero-order valence-corrected chi connectivity index (χ0v) is 8.72. The van der Waals surface area contributed by atoms with Gasteiger partial charge in [0.05, 0.1) is 5.69 Å². The number of hydrogen-bond donors (Lipinski definition) is 2. The maximum absolute atomic E-state index is 13.0. The zero-order chi connectivity index (χ0) is 11.3. The first kappa shape index (κ1) is 11.5. The lowest BCUT2D eigenvalue weighted by atomic mass is 10.2. The predicted molar refractivity (Wildman–Crippen MR) is 59.0 cm³/mol. The maximum atomic E-state index is 13.0. The van der Waals surface area contributed by atoms with Crippen LogP contribution in [0.25, 0.3) is 0 Å². The van der Waals surface area contributed by atoms with E-state index < -0.39 is 5.82 Å². The van der Waals surface area contributed by atoms with Crippen LogP contribution in [0, 0.1) is 5.82 Å². The van der Waals surface area contributed by atoms with Gasteiger partial charge in [-0.05, 0) is 24.6 Å². The third kappa shape index (κ3) is 3.58. The normalized spacial score (nSPS) is 10.0. The average molecular weight is 210 g/mol. The largest absolute Gasteiger partial charge is 0.396 e. The van der Waals surface area contributed by atoms with Crippen molar-refractivity contribution in [1.29, 1.82) is 0 Å². The lowest BCUT2D eigenvalue weighted by Crippen LogP contribution is -2.11. The summed E-state index contributed by atoms with van der Waals surface area (Å²) < 4.78 is 13.0. The van der Waals surface area contributed by atoms with Crippen LogP contribution in [0.15, 0.2) is 18.2 Å². The van der Waals surface area contributed by atoms with Crippen LogP contribution >= 0.6 is 0 Å². The predicted octanol–water partition coefficient (Wildman–Crippen LogP) is 2.54. The second kappa shape index (κ2) is 5.34. The molecule has 1 rings (SSSR count). The molecule has 0 aliphatic rings. The van der Waals surface area contributed by atoms with Gasteiger partial charge in [-0.25, -0.2) is 4.39 Å². The molecule has 0 unspecified atom stereocenters. The van der Waals surface area contributed by atoms with Gasteiger partial charge in [-0.3, -0.25) is 4.79 Å². The van der Waals surface area contributed by atoms with Gasteiger partial charge in [0, 0.05) is 12.1 Å². The highest BCUT2D eigenvalue weighted by Gasteiger charge is 2.03. The summed E-state index contributed by atoms with van der Waals surface area (Å²) in [5.41, 5.74) is 5.84. The van der Waals surface area contributed by atoms with E-state index in [4.69, 9.17) is 5.73 Å². The van der Waals surface area contributed by atoms with E-state index in [0.717, 1.165) is 12.8 Å². The van der Waals surface area contributed by atoms with Gasteiger partial charge in [0.25, 0.3) is 0 Å². The molecule has 3 N–H and O–H groups in total. The first-order valence-corrected chi connectivity index (χ1v) is 4.98. The van der Waals surface area contributed by atoms with Crippen molar-refractivity contribution in [3.8, 4) is 0 Å². The molecule has 0 heterocycles. The summed E-state index contributed by atoms with van der Waals surface area (Å²) in [7, 11) is 0. The Kier molecular flexibility index (Phi) is 4.09. The maximum Gasteiger partial charge on any atom is 0.224 e. The molecular formula is C11H15FN2O. The van der Waals surface area contributed by atoms with Crippen LogP contribution in [0.4, 0.5) is 15.8 Å². The van der Waals surface area contributed by atoms with Crippen molar-refractivity contribution in [1.82, 2.24) is 0 Å². The van der Waals surface area contributed by atoms with Crippen LogP contribution in [0.3, 0.4) is 0 Å². The van der Waals surface area contributed by atoms with Gasteiger partial charge in [0.2, 0.25) is 5.91 Å². The molecule has 3 nitrogen and oxygen atoms in total. The van der Waals surface area contributed by atoms with E-state index >= 15 is 0 Å². The molecule has 0 radical (unpaired) electrons. The SMILES string of the molecule is CCCCC(=O)Nc1ccc(N)c(F)c1. The Morgan fingerprint density at radius 3 is 2.87 bits per heavy atom. The van der Waals surface area contributed by atoms with E-state index in [1.807, 2.05) is 6.92 Å². The van der Waals surface area contributed by atoms with E-state index in [2.05, 4.69) is 5.32 Å². The Hall–Kier alpha value is -1.58. The van der Waals surface area contributed by atoms with Gasteiger partial charge in [0.1, 0.15) is 5.82 Å². The van der Waals surface area contributed by atoms with Crippen molar-refractivity contribution in [2.24, 2.45) is 0 Å². The number of benzene rings is 1. The van der Waals surface area contributed by atoms with E-state index in [0.29, 0.717) is 12.1 Å². The van der Waals surface area contributed by atoms with Crippen molar-refractivity contribution in [2.45, 2.75) is 26.2 Å². The number of nitrogens with two attached hydrogens (primary N) is 1. The Morgan fingerprint density at radius 2 is 2.27 bits per heavy atom. The summed E-state index contributed by atoms with van der Waals surface area (Å²) in [6.45, 7) is 2.01. The van der Waals surface area contributed by atoms with Gasteiger partial charge in [-0.1, -0.05) is 13.3 Å². The van der Waals surface area contributed by atoms with Gasteiger partial charge in [0.15, 0.2) is 0 Å². The van der Waals surface area contributed by atoms with Gasteiger partial charge in [-0.2, -0.15) is 0 Å². The molecule has 4 heteroatoms. The van der Waals surface area contributed by atoms with Crippen molar-refractivity contribution in [3.05, 3.63) is 24.0 Å². The van der Waals surface area contributed by atoms with Crippen LogP contribution in [-0.4, -0.2) is 5.91 Å². The molecule has 0 aliphatic heterocycles. The Labute approximate surface area is 88.5 Å². The molecule has 0 aromatic heterocycles. The fraction of sp³-hybridized carbons (Fsp3) is 0.364. The van der Waals surface area contributed by atoms with E-state index in [1.165, 1.54) is 12.1 Å². The second-order valence-corrected chi connectivity index (χ2v) is 3.39. The summed E-state index contributed by atoms with van der Waals surface area (Å²) in [5.74, 6) is -0.607. The van der Waals surface area contributed by atoms with Gasteiger partial charge < -0.3 is 11.1 Å². The smallest absolute Gasteiger partial charge is 0.224 e. The van der Waals surface area contributed by atoms with Crippen molar-refractivity contribution in [3.63, 3.8) is 0 Å². The highest BCUT2D eigenvalue weighted by Crippen LogP contribution is 2.16. The summed E-state index contributed by atoms with van der Waals surface area (Å²) in [4.78, 5) is 11.3. The molecule has 0 fully saturated rings. The molecule has 0 saturated heterocycles. The van der Waals surface area contributed by atoms with Crippen LogP contribution in [0.5, 0.6) is 0 Å². The first-order valence-electron chi connectivity index (χ1n) is 4.98. The number of rotatable bonds is 4. The molecule has 82 valence electrons. The molecule has 1 amide bonds. The number of halogens is 1. The highest BCUT2D eigenvalue weighted by molar-refractivity contribution is 5.90. The van der Waals surface area contributed by atoms with Crippen LogP contribution < -0.4 is 11.1 Å². The minimum absolute atomic E-state index is 0.0848. The molecular weight excluding hydrogens is 195 g/mol. The number of unbranched alkanes of at least 4 members (excludes halogenated alkanes) is 1. The fourth-order valence-corrected chi connectivity index (χ4v) is 1.17. The third-order valence-corrected chi connectivity index (χ3v) is 2.04. The quantitative estimate of drug-likeness (QED) is 0.750. The Balaban J connectivity index is 2.57. The third-order valence-electron chi connectivity index (χ3n) is 2.04. The molecule has 0 aliphatic carbocycles. The lowest BCUT2D eigenvalue weighted by Gasteiger charge is -2.05. The average Bonchev–Trinajstić information content (AvgIpc) is 2.20. The topological polar surface area (TPSA) is 55.1 Å². The van der Waals surface area contributed by atoms with E-state index in [-0.39, 0.29) is 11.6 Å². The molecule has 15 heavy (non-hydrogen) atoms. The summed E-state index contributed by atoms with van der Waals surface area (Å²) in [6.07, 6.45) is 2.26. The number of anilines is 2. The summed E-state index contributed by atoms with van der Waals surface area (Å²) in [6, 6.07) is 4.24. The number of carbonyl (C=O) groups is 1. The van der Waals surface area contributed by atoms with E-state index in [1.54, 1.807) is 6.07 Å². The van der Waals surface area contributed by atoms with Gasteiger partial charge in [-0.15, -0.1) is 0 Å². The first-order chi connectivity index (χ1) is 7.13. The number of amides is 1. The van der Waals surface area contributed by atoms with Crippen molar-refractivity contribution < 1.29 is 9.18 Å². The number of carbonyl (C=O) groups excluding carboxylic acids is 1.